The van der Waals surface area contributed by atoms with E-state index in [9.17, 15) is 0 Å². The van der Waals surface area contributed by atoms with E-state index in [1.165, 1.54) is 0 Å². The molecule has 0 bridgehead atoms. The molecule has 2 N–H and O–H groups in total. The molecule has 0 spiro atoms. The summed E-state index contributed by atoms with van der Waals surface area (Å²) >= 11 is 6.14. The predicted octanol–water partition coefficient (Wildman–Crippen LogP) is 2.28. The van der Waals surface area contributed by atoms with E-state index in [2.05, 4.69) is 11.0 Å². The second-order valence-electron chi connectivity index (χ2n) is 3.98. The van der Waals surface area contributed by atoms with Crippen molar-refractivity contribution in [3.8, 4) is 6.07 Å². The Balaban J connectivity index is 2.72. The molecule has 18 heavy (non-hydrogen) atoms. The average molecular weight is 268 g/mol. The Labute approximate surface area is 113 Å². The van der Waals surface area contributed by atoms with Gasteiger partial charge in [0.2, 0.25) is 0 Å². The van der Waals surface area contributed by atoms with Crippen LogP contribution >= 0.6 is 11.6 Å². The molecule has 0 amide bonds. The van der Waals surface area contributed by atoms with Crippen molar-refractivity contribution in [2.75, 3.05) is 32.5 Å². The number of methoxy groups -OCH3 is 1. The number of hydrogen-bond donors (Lipinski definition) is 1. The quantitative estimate of drug-likeness (QED) is 0.770. The van der Waals surface area contributed by atoms with Crippen LogP contribution in [0.4, 0.5) is 5.69 Å². The van der Waals surface area contributed by atoms with Gasteiger partial charge in [-0.15, -0.1) is 0 Å². The first-order chi connectivity index (χ1) is 8.69. The summed E-state index contributed by atoms with van der Waals surface area (Å²) < 4.78 is 5.06. The highest BCUT2D eigenvalue weighted by Gasteiger charge is 2.10. The lowest BCUT2D eigenvalue weighted by Gasteiger charge is -2.22. The normalized spacial score (nSPS) is 10.6. The third-order valence-corrected chi connectivity index (χ3v) is 3.04. The molecule has 0 aliphatic carbocycles. The molecule has 0 unspecified atom stereocenters. The SMILES string of the molecule is COCCN(CCC#N)Cc1c(N)cccc1Cl. The van der Waals surface area contributed by atoms with E-state index < -0.39 is 0 Å². The smallest absolute Gasteiger partial charge is 0.0635 e. The first kappa shape index (κ1) is 14.8. The van der Waals surface area contributed by atoms with E-state index in [-0.39, 0.29) is 0 Å². The molecule has 0 aromatic heterocycles. The van der Waals surface area contributed by atoms with E-state index in [1.54, 1.807) is 7.11 Å². The van der Waals surface area contributed by atoms with Crippen molar-refractivity contribution < 1.29 is 4.74 Å². The van der Waals surface area contributed by atoms with Crippen molar-refractivity contribution in [1.82, 2.24) is 4.90 Å². The van der Waals surface area contributed by atoms with Gasteiger partial charge in [-0.3, -0.25) is 4.90 Å². The Hall–Kier alpha value is -1.28. The number of nitrogens with two attached hydrogens (primary N) is 1. The average Bonchev–Trinajstić information content (AvgIpc) is 2.36. The molecule has 5 heteroatoms. The van der Waals surface area contributed by atoms with E-state index in [1.807, 2.05) is 18.2 Å². The summed E-state index contributed by atoms with van der Waals surface area (Å²) in [6.45, 7) is 2.69. The van der Waals surface area contributed by atoms with Crippen LogP contribution in [-0.2, 0) is 11.3 Å². The molecular formula is C13H18ClN3O. The highest BCUT2D eigenvalue weighted by molar-refractivity contribution is 6.31. The number of benzene rings is 1. The molecule has 1 rings (SSSR count). The highest BCUT2D eigenvalue weighted by atomic mass is 35.5. The molecule has 0 radical (unpaired) electrons. The summed E-state index contributed by atoms with van der Waals surface area (Å²) in [7, 11) is 1.66. The van der Waals surface area contributed by atoms with Crippen LogP contribution in [-0.4, -0.2) is 31.7 Å². The summed E-state index contributed by atoms with van der Waals surface area (Å²) in [6, 6.07) is 7.63. The third-order valence-electron chi connectivity index (χ3n) is 2.69. The van der Waals surface area contributed by atoms with Gasteiger partial charge < -0.3 is 10.5 Å². The van der Waals surface area contributed by atoms with Gasteiger partial charge in [0.1, 0.15) is 0 Å². The fourth-order valence-corrected chi connectivity index (χ4v) is 1.91. The van der Waals surface area contributed by atoms with Gasteiger partial charge in [0, 0.05) is 49.4 Å². The van der Waals surface area contributed by atoms with Crippen LogP contribution in [0.2, 0.25) is 5.02 Å². The maximum Gasteiger partial charge on any atom is 0.0635 e. The summed E-state index contributed by atoms with van der Waals surface area (Å²) in [6.07, 6.45) is 0.480. The van der Waals surface area contributed by atoms with Gasteiger partial charge >= 0.3 is 0 Å². The molecule has 0 atom stereocenters. The van der Waals surface area contributed by atoms with Crippen LogP contribution in [0.25, 0.3) is 0 Å². The number of rotatable bonds is 7. The number of hydrogen-bond acceptors (Lipinski definition) is 4. The Kier molecular flexibility index (Phi) is 6.51. The van der Waals surface area contributed by atoms with Gasteiger partial charge in [0.05, 0.1) is 12.7 Å². The molecule has 0 aliphatic heterocycles. The Morgan fingerprint density at radius 1 is 1.44 bits per heavy atom. The summed E-state index contributed by atoms with van der Waals surface area (Å²) in [5.41, 5.74) is 7.51. The summed E-state index contributed by atoms with van der Waals surface area (Å²) in [4.78, 5) is 2.12. The van der Waals surface area contributed by atoms with Gasteiger partial charge in [-0.1, -0.05) is 17.7 Å². The molecule has 0 fully saturated rings. The van der Waals surface area contributed by atoms with Crippen molar-refractivity contribution in [1.29, 1.82) is 5.26 Å². The molecular weight excluding hydrogens is 250 g/mol. The first-order valence-corrected chi connectivity index (χ1v) is 6.18. The van der Waals surface area contributed by atoms with E-state index >= 15 is 0 Å². The number of anilines is 1. The van der Waals surface area contributed by atoms with Crippen LogP contribution in [0.15, 0.2) is 18.2 Å². The van der Waals surface area contributed by atoms with Crippen LogP contribution in [0.3, 0.4) is 0 Å². The second kappa shape index (κ2) is 7.93. The molecule has 0 saturated carbocycles. The number of nitrogen functional groups attached to an aromatic ring is 1. The monoisotopic (exact) mass is 267 g/mol. The fourth-order valence-electron chi connectivity index (χ4n) is 1.66. The van der Waals surface area contributed by atoms with Crippen molar-refractivity contribution in [3.05, 3.63) is 28.8 Å². The summed E-state index contributed by atoms with van der Waals surface area (Å²) in [5, 5.41) is 9.32. The molecule has 0 saturated heterocycles. The minimum atomic E-state index is 0.480. The van der Waals surface area contributed by atoms with E-state index in [0.29, 0.717) is 36.8 Å². The topological polar surface area (TPSA) is 62.3 Å². The number of nitriles is 1. The largest absolute Gasteiger partial charge is 0.398 e. The standard InChI is InChI=1S/C13H18ClN3O/c1-18-9-8-17(7-3-6-15)10-11-12(14)4-2-5-13(11)16/h2,4-5H,3,7-10,16H2,1H3. The van der Waals surface area contributed by atoms with Crippen LogP contribution in [0.5, 0.6) is 0 Å². The zero-order valence-electron chi connectivity index (χ0n) is 10.5. The van der Waals surface area contributed by atoms with Crippen LogP contribution in [0.1, 0.15) is 12.0 Å². The van der Waals surface area contributed by atoms with E-state index in [4.69, 9.17) is 27.3 Å². The number of nitrogens with zero attached hydrogens (tertiary/aromatic N) is 2. The second-order valence-corrected chi connectivity index (χ2v) is 4.39. The molecule has 0 aliphatic rings. The Bertz CT molecular complexity index is 397. The molecule has 0 heterocycles. The minimum Gasteiger partial charge on any atom is -0.398 e. The summed E-state index contributed by atoms with van der Waals surface area (Å²) in [5.74, 6) is 0. The van der Waals surface area contributed by atoms with Crippen molar-refractivity contribution in [3.63, 3.8) is 0 Å². The fraction of sp³-hybridized carbons (Fsp3) is 0.462. The van der Waals surface area contributed by atoms with Gasteiger partial charge in [-0.2, -0.15) is 5.26 Å². The molecule has 4 nitrogen and oxygen atoms in total. The van der Waals surface area contributed by atoms with Crippen molar-refractivity contribution in [2.45, 2.75) is 13.0 Å². The number of halogens is 1. The zero-order chi connectivity index (χ0) is 13.4. The van der Waals surface area contributed by atoms with Gasteiger partial charge in [0.25, 0.3) is 0 Å². The third kappa shape index (κ3) is 4.53. The van der Waals surface area contributed by atoms with Crippen molar-refractivity contribution >= 4 is 17.3 Å². The van der Waals surface area contributed by atoms with Gasteiger partial charge in [-0.05, 0) is 12.1 Å². The number of ether oxygens (including phenoxy) is 1. The molecule has 1 aromatic carbocycles. The first-order valence-electron chi connectivity index (χ1n) is 5.80. The lowest BCUT2D eigenvalue weighted by Crippen LogP contribution is -2.28. The van der Waals surface area contributed by atoms with Gasteiger partial charge in [0.15, 0.2) is 0 Å². The van der Waals surface area contributed by atoms with Gasteiger partial charge in [-0.25, -0.2) is 0 Å². The lowest BCUT2D eigenvalue weighted by atomic mass is 10.1. The highest BCUT2D eigenvalue weighted by Crippen LogP contribution is 2.23. The minimum absolute atomic E-state index is 0.480. The Morgan fingerprint density at radius 2 is 2.22 bits per heavy atom. The van der Waals surface area contributed by atoms with Crippen molar-refractivity contribution in [2.24, 2.45) is 0 Å². The van der Waals surface area contributed by atoms with E-state index in [0.717, 1.165) is 12.1 Å². The van der Waals surface area contributed by atoms with Crippen LogP contribution in [0, 0.1) is 11.3 Å². The maximum absolute atomic E-state index is 8.66. The Morgan fingerprint density at radius 3 is 2.83 bits per heavy atom. The molecule has 1 aromatic rings. The zero-order valence-corrected chi connectivity index (χ0v) is 11.3. The van der Waals surface area contributed by atoms with Crippen LogP contribution < -0.4 is 5.73 Å². The predicted molar refractivity (Wildman–Crippen MR) is 73.2 cm³/mol. The lowest BCUT2D eigenvalue weighted by molar-refractivity contribution is 0.145. The molecule has 98 valence electrons. The maximum atomic E-state index is 8.66.